The van der Waals surface area contributed by atoms with Gasteiger partial charge in [0, 0.05) is 33.3 Å². The van der Waals surface area contributed by atoms with Gasteiger partial charge in [0.1, 0.15) is 5.75 Å². The van der Waals surface area contributed by atoms with Crippen LogP contribution in [0.25, 0.3) is 0 Å². The second kappa shape index (κ2) is 12.4. The molecule has 1 aromatic carbocycles. The highest BCUT2D eigenvalue weighted by atomic mass is 127. The Kier molecular flexibility index (Phi) is 10.9. The summed E-state index contributed by atoms with van der Waals surface area (Å²) in [7, 11) is 3.75. The van der Waals surface area contributed by atoms with Crippen molar-refractivity contribution in [1.82, 2.24) is 10.2 Å². The van der Waals surface area contributed by atoms with Gasteiger partial charge in [0.25, 0.3) is 0 Å². The second-order valence-electron chi connectivity index (χ2n) is 6.27. The Bertz CT molecular complexity index is 504. The molecule has 0 saturated heterocycles. The van der Waals surface area contributed by atoms with E-state index in [9.17, 15) is 0 Å². The first-order valence-corrected chi connectivity index (χ1v) is 8.93. The number of hydrogen-bond acceptors (Lipinski definition) is 3. The first-order chi connectivity index (χ1) is 11.7. The molecule has 1 aliphatic rings. The lowest BCUT2D eigenvalue weighted by Gasteiger charge is -2.22. The quantitative estimate of drug-likeness (QED) is 0.252. The van der Waals surface area contributed by atoms with Gasteiger partial charge < -0.3 is 19.7 Å². The zero-order chi connectivity index (χ0) is 17.2. The Balaban J connectivity index is 0.00000312. The molecule has 6 heteroatoms. The van der Waals surface area contributed by atoms with Gasteiger partial charge in [-0.25, -0.2) is 0 Å². The van der Waals surface area contributed by atoms with E-state index in [1.807, 2.05) is 12.1 Å². The van der Waals surface area contributed by atoms with Crippen molar-refractivity contribution in [1.29, 1.82) is 0 Å². The monoisotopic (exact) mass is 461 g/mol. The van der Waals surface area contributed by atoms with Gasteiger partial charge in [0.2, 0.25) is 0 Å². The number of rotatable bonds is 10. The number of guanidine groups is 1. The highest BCUT2D eigenvalue weighted by Gasteiger charge is 2.21. The summed E-state index contributed by atoms with van der Waals surface area (Å²) >= 11 is 0. The average molecular weight is 461 g/mol. The molecular weight excluding hydrogens is 429 g/mol. The summed E-state index contributed by atoms with van der Waals surface area (Å²) < 4.78 is 10.9. The Morgan fingerprint density at radius 2 is 2.00 bits per heavy atom. The molecule has 0 amide bonds. The first kappa shape index (κ1) is 22.0. The largest absolute Gasteiger partial charge is 0.497 e. The van der Waals surface area contributed by atoms with Crippen LogP contribution in [0.5, 0.6) is 5.75 Å². The fourth-order valence-electron chi connectivity index (χ4n) is 2.39. The van der Waals surface area contributed by atoms with Gasteiger partial charge in [-0.05, 0) is 49.8 Å². The molecule has 0 radical (unpaired) electrons. The summed E-state index contributed by atoms with van der Waals surface area (Å²) in [5.74, 6) is 2.66. The van der Waals surface area contributed by atoms with Crippen LogP contribution in [0.3, 0.4) is 0 Å². The lowest BCUT2D eigenvalue weighted by Crippen LogP contribution is -2.40. The molecule has 0 heterocycles. The highest BCUT2D eigenvalue weighted by molar-refractivity contribution is 14.0. The molecule has 0 spiro atoms. The molecule has 1 fully saturated rings. The van der Waals surface area contributed by atoms with Gasteiger partial charge in [-0.3, -0.25) is 4.99 Å². The minimum absolute atomic E-state index is 0. The summed E-state index contributed by atoms with van der Waals surface area (Å²) in [6.45, 7) is 6.27. The molecule has 142 valence electrons. The van der Waals surface area contributed by atoms with Crippen LogP contribution in [0.1, 0.15) is 25.3 Å². The van der Waals surface area contributed by atoms with Gasteiger partial charge in [0.05, 0.1) is 13.7 Å². The molecule has 2 rings (SSSR count). The number of halogens is 1. The van der Waals surface area contributed by atoms with Gasteiger partial charge in [0.15, 0.2) is 5.96 Å². The van der Waals surface area contributed by atoms with Crippen LogP contribution in [0.2, 0.25) is 0 Å². The number of methoxy groups -OCH3 is 1. The Morgan fingerprint density at radius 1 is 1.28 bits per heavy atom. The summed E-state index contributed by atoms with van der Waals surface area (Å²) in [4.78, 5) is 6.87. The van der Waals surface area contributed by atoms with E-state index in [1.54, 1.807) is 7.11 Å². The van der Waals surface area contributed by atoms with Gasteiger partial charge in [-0.15, -0.1) is 24.0 Å². The lowest BCUT2D eigenvalue weighted by molar-refractivity contribution is 0.115. The minimum atomic E-state index is 0. The topological polar surface area (TPSA) is 46.1 Å². The maximum Gasteiger partial charge on any atom is 0.193 e. The van der Waals surface area contributed by atoms with Crippen LogP contribution in [0, 0.1) is 5.92 Å². The van der Waals surface area contributed by atoms with Gasteiger partial charge in [-0.2, -0.15) is 0 Å². The third-order valence-corrected chi connectivity index (χ3v) is 4.14. The fraction of sp³-hybridized carbons (Fsp3) is 0.632. The van der Waals surface area contributed by atoms with Crippen LogP contribution in [0.4, 0.5) is 0 Å². The van der Waals surface area contributed by atoms with Gasteiger partial charge in [-0.1, -0.05) is 12.1 Å². The van der Waals surface area contributed by atoms with Crippen molar-refractivity contribution in [3.63, 3.8) is 0 Å². The normalized spacial score (nSPS) is 14.0. The zero-order valence-electron chi connectivity index (χ0n) is 15.7. The van der Waals surface area contributed by atoms with Crippen molar-refractivity contribution in [2.45, 2.75) is 26.2 Å². The van der Waals surface area contributed by atoms with E-state index in [0.717, 1.165) is 56.9 Å². The number of nitrogens with one attached hydrogen (secondary N) is 1. The molecule has 1 N–H and O–H groups in total. The molecule has 5 nitrogen and oxygen atoms in total. The Hall–Kier alpha value is -1.02. The minimum Gasteiger partial charge on any atom is -0.497 e. The van der Waals surface area contributed by atoms with E-state index >= 15 is 0 Å². The lowest BCUT2D eigenvalue weighted by atomic mass is 10.1. The smallest absolute Gasteiger partial charge is 0.193 e. The van der Waals surface area contributed by atoms with E-state index in [2.05, 4.69) is 36.3 Å². The van der Waals surface area contributed by atoms with E-state index in [4.69, 9.17) is 14.5 Å². The number of likely N-dealkylation sites (N-methyl/N-ethyl adjacent to an activating group) is 1. The van der Waals surface area contributed by atoms with Crippen molar-refractivity contribution < 1.29 is 9.47 Å². The third kappa shape index (κ3) is 8.76. The molecule has 0 bridgehead atoms. The molecular formula is C19H32IN3O2. The molecule has 0 aromatic heterocycles. The van der Waals surface area contributed by atoms with Crippen LogP contribution in [-0.4, -0.2) is 57.9 Å². The molecule has 1 aromatic rings. The number of nitrogens with zero attached hydrogens (tertiary/aromatic N) is 2. The maximum atomic E-state index is 5.72. The molecule has 1 saturated carbocycles. The summed E-state index contributed by atoms with van der Waals surface area (Å²) in [6.07, 6.45) is 3.60. The van der Waals surface area contributed by atoms with E-state index in [1.165, 1.54) is 18.4 Å². The van der Waals surface area contributed by atoms with Crippen LogP contribution < -0.4 is 10.1 Å². The summed E-state index contributed by atoms with van der Waals surface area (Å²) in [5.41, 5.74) is 1.27. The van der Waals surface area contributed by atoms with Crippen molar-refractivity contribution in [2.75, 3.05) is 47.0 Å². The standard InChI is InChI=1S/C19H31N3O2.HI/c1-4-20-19(22(2)13-14-24-15-17-5-6-17)21-12-11-16-7-9-18(23-3)10-8-16;/h7-10,17H,4-6,11-15H2,1-3H3,(H,20,21);1H. The van der Waals surface area contributed by atoms with E-state index < -0.39 is 0 Å². The number of aliphatic imine (C=N–C) groups is 1. The van der Waals surface area contributed by atoms with Crippen molar-refractivity contribution in [2.24, 2.45) is 10.9 Å². The van der Waals surface area contributed by atoms with Crippen LogP contribution >= 0.6 is 24.0 Å². The first-order valence-electron chi connectivity index (χ1n) is 8.93. The number of ether oxygens (including phenoxy) is 2. The zero-order valence-corrected chi connectivity index (χ0v) is 18.0. The van der Waals surface area contributed by atoms with Crippen molar-refractivity contribution >= 4 is 29.9 Å². The van der Waals surface area contributed by atoms with Gasteiger partial charge >= 0.3 is 0 Å². The van der Waals surface area contributed by atoms with Crippen LogP contribution in [0.15, 0.2) is 29.3 Å². The molecule has 0 atom stereocenters. The second-order valence-corrected chi connectivity index (χ2v) is 6.27. The predicted molar refractivity (Wildman–Crippen MR) is 114 cm³/mol. The fourth-order valence-corrected chi connectivity index (χ4v) is 2.39. The average Bonchev–Trinajstić information content (AvgIpc) is 3.42. The molecule has 1 aliphatic carbocycles. The maximum absolute atomic E-state index is 5.72. The van der Waals surface area contributed by atoms with E-state index in [0.29, 0.717) is 0 Å². The SMILES string of the molecule is CCNC(=NCCc1ccc(OC)cc1)N(C)CCOCC1CC1.I. The van der Waals surface area contributed by atoms with Crippen molar-refractivity contribution in [3.8, 4) is 5.75 Å². The molecule has 0 aliphatic heterocycles. The molecule has 25 heavy (non-hydrogen) atoms. The molecule has 0 unspecified atom stereocenters. The highest BCUT2D eigenvalue weighted by Crippen LogP contribution is 2.28. The summed E-state index contributed by atoms with van der Waals surface area (Å²) in [5, 5.41) is 3.35. The predicted octanol–water partition coefficient (Wildman–Crippen LogP) is 3.18. The number of hydrogen-bond donors (Lipinski definition) is 1. The Morgan fingerprint density at radius 3 is 2.60 bits per heavy atom. The Labute approximate surface area is 169 Å². The summed E-state index contributed by atoms with van der Waals surface area (Å²) in [6, 6.07) is 8.18. The third-order valence-electron chi connectivity index (χ3n) is 4.14. The van der Waals surface area contributed by atoms with Crippen molar-refractivity contribution in [3.05, 3.63) is 29.8 Å². The van der Waals surface area contributed by atoms with E-state index in [-0.39, 0.29) is 24.0 Å². The van der Waals surface area contributed by atoms with Crippen LogP contribution in [-0.2, 0) is 11.2 Å². The number of benzene rings is 1.